The number of hydrogen-bond acceptors (Lipinski definition) is 3. The molecule has 2 atom stereocenters. The van der Waals surface area contributed by atoms with Gasteiger partial charge in [0.1, 0.15) is 0 Å². The van der Waals surface area contributed by atoms with E-state index in [0.29, 0.717) is 13.2 Å². The van der Waals surface area contributed by atoms with Crippen molar-refractivity contribution in [3.63, 3.8) is 0 Å². The quantitative estimate of drug-likeness (QED) is 0.780. The number of para-hydroxylation sites is 1. The van der Waals surface area contributed by atoms with Gasteiger partial charge in [-0.25, -0.2) is 4.68 Å². The van der Waals surface area contributed by atoms with Crippen LogP contribution < -0.4 is 0 Å². The highest BCUT2D eigenvalue weighted by atomic mass is 16.5. The first kappa shape index (κ1) is 18.0. The molecule has 2 aromatic rings. The molecule has 27 heavy (non-hydrogen) atoms. The normalized spacial score (nSPS) is 22.8. The van der Waals surface area contributed by atoms with Gasteiger partial charge in [-0.3, -0.25) is 4.79 Å². The van der Waals surface area contributed by atoms with Gasteiger partial charge in [-0.2, -0.15) is 5.10 Å². The number of ether oxygens (including phenoxy) is 1. The van der Waals surface area contributed by atoms with Crippen molar-refractivity contribution in [2.75, 3.05) is 13.2 Å². The molecule has 5 nitrogen and oxygen atoms in total. The van der Waals surface area contributed by atoms with E-state index >= 15 is 0 Å². The van der Waals surface area contributed by atoms with Crippen molar-refractivity contribution in [1.82, 2.24) is 14.7 Å². The van der Waals surface area contributed by atoms with Crippen molar-refractivity contribution in [2.45, 2.75) is 51.7 Å². The zero-order valence-electron chi connectivity index (χ0n) is 16.1. The molecule has 1 saturated carbocycles. The van der Waals surface area contributed by atoms with Crippen LogP contribution in [0.15, 0.2) is 36.4 Å². The molecule has 1 aromatic carbocycles. The Morgan fingerprint density at radius 3 is 2.78 bits per heavy atom. The summed E-state index contributed by atoms with van der Waals surface area (Å²) in [4.78, 5) is 14.9. The molecule has 1 aliphatic carbocycles. The van der Waals surface area contributed by atoms with E-state index in [1.165, 1.54) is 12.8 Å². The van der Waals surface area contributed by atoms with Crippen LogP contribution in [0, 0.1) is 13.8 Å². The summed E-state index contributed by atoms with van der Waals surface area (Å²) in [5.41, 5.74) is 4.01. The Morgan fingerprint density at radius 2 is 1.96 bits per heavy atom. The van der Waals surface area contributed by atoms with Crippen molar-refractivity contribution in [3.8, 4) is 5.69 Å². The van der Waals surface area contributed by atoms with Crippen LogP contribution in [0.4, 0.5) is 0 Å². The van der Waals surface area contributed by atoms with E-state index in [4.69, 9.17) is 4.74 Å². The van der Waals surface area contributed by atoms with Crippen molar-refractivity contribution in [1.29, 1.82) is 0 Å². The molecule has 1 aromatic heterocycles. The summed E-state index contributed by atoms with van der Waals surface area (Å²) < 4.78 is 7.82. The third-order valence-corrected chi connectivity index (χ3v) is 5.76. The summed E-state index contributed by atoms with van der Waals surface area (Å²) in [6, 6.07) is 10.3. The van der Waals surface area contributed by atoms with Gasteiger partial charge in [0, 0.05) is 23.9 Å². The monoisotopic (exact) mass is 365 g/mol. The van der Waals surface area contributed by atoms with Crippen LogP contribution in [-0.2, 0) is 9.53 Å². The number of carbonyl (C=O) groups is 1. The van der Waals surface area contributed by atoms with Crippen molar-refractivity contribution in [2.24, 2.45) is 0 Å². The minimum absolute atomic E-state index is 0.0847. The second-order valence-corrected chi connectivity index (χ2v) is 7.46. The molecule has 2 heterocycles. The van der Waals surface area contributed by atoms with Crippen LogP contribution in [-0.4, -0.2) is 45.9 Å². The van der Waals surface area contributed by atoms with Gasteiger partial charge in [-0.15, -0.1) is 0 Å². The van der Waals surface area contributed by atoms with Gasteiger partial charge < -0.3 is 9.64 Å². The topological polar surface area (TPSA) is 47.4 Å². The summed E-state index contributed by atoms with van der Waals surface area (Å²) in [6.45, 7) is 5.36. The second kappa shape index (κ2) is 7.69. The van der Waals surface area contributed by atoms with E-state index in [1.54, 1.807) is 6.08 Å². The molecule has 0 bridgehead atoms. The van der Waals surface area contributed by atoms with E-state index in [1.807, 2.05) is 59.8 Å². The van der Waals surface area contributed by atoms with Crippen LogP contribution >= 0.6 is 0 Å². The van der Waals surface area contributed by atoms with Gasteiger partial charge in [-0.05, 0) is 44.9 Å². The lowest BCUT2D eigenvalue weighted by Gasteiger charge is -2.43. The molecule has 2 unspecified atom stereocenters. The SMILES string of the molecule is Cc1nn(-c2ccccc2)c(C)c1/C=C/C(=O)N1CCOC2CCCCC21. The molecule has 4 rings (SSSR count). The predicted octanol–water partition coefficient (Wildman–Crippen LogP) is 3.67. The number of morpholine rings is 1. The maximum absolute atomic E-state index is 12.9. The first-order valence-electron chi connectivity index (χ1n) is 9.87. The predicted molar refractivity (Wildman–Crippen MR) is 106 cm³/mol. The Hall–Kier alpha value is -2.40. The van der Waals surface area contributed by atoms with Gasteiger partial charge in [0.25, 0.3) is 0 Å². The van der Waals surface area contributed by atoms with Gasteiger partial charge in [-0.1, -0.05) is 31.0 Å². The highest BCUT2D eigenvalue weighted by molar-refractivity contribution is 5.92. The zero-order chi connectivity index (χ0) is 18.8. The fraction of sp³-hybridized carbons (Fsp3) is 0.455. The Kier molecular flexibility index (Phi) is 5.12. The zero-order valence-corrected chi connectivity index (χ0v) is 16.1. The number of aryl methyl sites for hydroxylation is 1. The van der Waals surface area contributed by atoms with Gasteiger partial charge >= 0.3 is 0 Å². The summed E-state index contributed by atoms with van der Waals surface area (Å²) >= 11 is 0. The van der Waals surface area contributed by atoms with Gasteiger partial charge in [0.15, 0.2) is 0 Å². The minimum atomic E-state index is 0.0847. The number of nitrogens with zero attached hydrogens (tertiary/aromatic N) is 3. The number of hydrogen-bond donors (Lipinski definition) is 0. The van der Waals surface area contributed by atoms with Crippen molar-refractivity contribution < 1.29 is 9.53 Å². The number of aromatic nitrogens is 2. The third kappa shape index (κ3) is 3.56. The molecule has 1 aliphatic heterocycles. The number of carbonyl (C=O) groups excluding carboxylic acids is 1. The average Bonchev–Trinajstić information content (AvgIpc) is 3.00. The number of fused-ring (bicyclic) bond motifs is 1. The van der Waals surface area contributed by atoms with Crippen LogP contribution in [0.3, 0.4) is 0 Å². The molecule has 0 N–H and O–H groups in total. The highest BCUT2D eigenvalue weighted by Gasteiger charge is 2.35. The Morgan fingerprint density at radius 1 is 1.19 bits per heavy atom. The summed E-state index contributed by atoms with van der Waals surface area (Å²) in [5.74, 6) is 0.0847. The van der Waals surface area contributed by atoms with Crippen LogP contribution in [0.25, 0.3) is 11.8 Å². The van der Waals surface area contributed by atoms with Gasteiger partial charge in [0.2, 0.25) is 5.91 Å². The standard InChI is InChI=1S/C22H27N3O2/c1-16-19(17(2)25(23-16)18-8-4-3-5-9-18)12-13-22(26)24-14-15-27-21-11-7-6-10-20(21)24/h3-5,8-9,12-13,20-21H,6-7,10-11,14-15H2,1-2H3/b13-12+. The van der Waals surface area contributed by atoms with Crippen molar-refractivity contribution in [3.05, 3.63) is 53.4 Å². The summed E-state index contributed by atoms with van der Waals surface area (Å²) in [5, 5.41) is 4.66. The first-order chi connectivity index (χ1) is 13.1. The Bertz CT molecular complexity index is 839. The van der Waals surface area contributed by atoms with E-state index in [-0.39, 0.29) is 18.1 Å². The lowest BCUT2D eigenvalue weighted by molar-refractivity contribution is -0.144. The first-order valence-corrected chi connectivity index (χ1v) is 9.87. The fourth-order valence-electron chi connectivity index (χ4n) is 4.34. The molecular weight excluding hydrogens is 338 g/mol. The third-order valence-electron chi connectivity index (χ3n) is 5.76. The maximum Gasteiger partial charge on any atom is 0.246 e. The van der Waals surface area contributed by atoms with E-state index in [9.17, 15) is 4.79 Å². The van der Waals surface area contributed by atoms with E-state index in [2.05, 4.69) is 5.10 Å². The maximum atomic E-state index is 12.9. The Labute approximate surface area is 160 Å². The molecule has 0 radical (unpaired) electrons. The highest BCUT2D eigenvalue weighted by Crippen LogP contribution is 2.29. The second-order valence-electron chi connectivity index (χ2n) is 7.46. The molecule has 5 heteroatoms. The molecule has 2 aliphatic rings. The molecule has 1 saturated heterocycles. The lowest BCUT2D eigenvalue weighted by atomic mass is 9.90. The van der Waals surface area contributed by atoms with E-state index in [0.717, 1.165) is 35.5 Å². The Balaban J connectivity index is 1.54. The summed E-state index contributed by atoms with van der Waals surface area (Å²) in [6.07, 6.45) is 8.36. The molecule has 142 valence electrons. The summed E-state index contributed by atoms with van der Waals surface area (Å²) in [7, 11) is 0. The smallest absolute Gasteiger partial charge is 0.246 e. The molecule has 0 spiro atoms. The fourth-order valence-corrected chi connectivity index (χ4v) is 4.34. The number of benzene rings is 1. The molecular formula is C22H27N3O2. The van der Waals surface area contributed by atoms with Gasteiger partial charge in [0.05, 0.1) is 30.1 Å². The van der Waals surface area contributed by atoms with Crippen LogP contribution in [0.2, 0.25) is 0 Å². The number of rotatable bonds is 3. The molecule has 2 fully saturated rings. The van der Waals surface area contributed by atoms with E-state index < -0.39 is 0 Å². The lowest BCUT2D eigenvalue weighted by Crippen LogP contribution is -2.54. The average molecular weight is 365 g/mol. The number of amides is 1. The van der Waals surface area contributed by atoms with Crippen LogP contribution in [0.1, 0.15) is 42.6 Å². The largest absolute Gasteiger partial charge is 0.374 e. The van der Waals surface area contributed by atoms with Crippen LogP contribution in [0.5, 0.6) is 0 Å². The van der Waals surface area contributed by atoms with Crippen molar-refractivity contribution >= 4 is 12.0 Å². The molecule has 1 amide bonds. The minimum Gasteiger partial charge on any atom is -0.374 e.